The molecule has 0 radical (unpaired) electrons. The van der Waals surface area contributed by atoms with Gasteiger partial charge in [-0.1, -0.05) is 48.5 Å². The van der Waals surface area contributed by atoms with Crippen molar-refractivity contribution in [1.82, 2.24) is 0 Å². The van der Waals surface area contributed by atoms with Gasteiger partial charge in [0.2, 0.25) is 22.4 Å². The van der Waals surface area contributed by atoms with E-state index in [2.05, 4.69) is 120 Å². The van der Waals surface area contributed by atoms with Crippen LogP contribution in [0.25, 0.3) is 65.9 Å². The Morgan fingerprint density at radius 1 is 0.404 bits per heavy atom. The molecular weight excluding hydrogens is 803 g/mol. The number of nitrogens with zero attached hydrogens (tertiary/aromatic N) is 2. The van der Waals surface area contributed by atoms with Crippen LogP contribution in [0.3, 0.4) is 0 Å². The molecule has 0 unspecified atom stereocenters. The third kappa shape index (κ3) is 8.15. The molecule has 0 aliphatic rings. The molecule has 0 saturated carbocycles. The van der Waals surface area contributed by atoms with Crippen LogP contribution < -0.4 is 117 Å². The molecule has 10 N–H and O–H groups in total. The Bertz CT molecular complexity index is 2310. The normalized spacial score (nSPS) is 10.3. The van der Waals surface area contributed by atoms with Crippen molar-refractivity contribution < 1.29 is 100.0 Å². The summed E-state index contributed by atoms with van der Waals surface area (Å²) < 4.78 is 4.64. The van der Waals surface area contributed by atoms with Crippen molar-refractivity contribution in [1.29, 1.82) is 0 Å². The Morgan fingerprint density at radius 2 is 0.712 bits per heavy atom. The number of rotatable bonds is 4. The maximum atomic E-state index is 6.10. The number of benzene rings is 6. The van der Waals surface area contributed by atoms with Gasteiger partial charge in [-0.2, -0.15) is 9.13 Å². The Hall–Kier alpha value is -3.58. The molecule has 10 heteroatoms. The van der Waals surface area contributed by atoms with Gasteiger partial charge in [0, 0.05) is 56.8 Å². The number of hydrogen-bond acceptors (Lipinski definition) is 4. The van der Waals surface area contributed by atoms with Gasteiger partial charge in [-0.15, -0.1) is 0 Å². The van der Waals surface area contributed by atoms with E-state index in [1.807, 2.05) is 36.4 Å². The minimum absolute atomic E-state index is 0. The fourth-order valence-electron chi connectivity index (χ4n) is 6.99. The van der Waals surface area contributed by atoms with E-state index >= 15 is 0 Å². The number of aryl methyl sites for hydroxylation is 2. The van der Waals surface area contributed by atoms with Crippen LogP contribution in [0.5, 0.6) is 0 Å². The van der Waals surface area contributed by atoms with Crippen molar-refractivity contribution in [2.24, 2.45) is 0 Å². The number of pyridine rings is 2. The van der Waals surface area contributed by atoms with E-state index < -0.39 is 0 Å². The maximum Gasteiger partial charge on any atom is 1.00 e. The predicted octanol–water partition coefficient (Wildman–Crippen LogP) is -1.55. The van der Waals surface area contributed by atoms with Crippen LogP contribution in [0, 0.1) is 0 Å². The summed E-state index contributed by atoms with van der Waals surface area (Å²) in [4.78, 5) is 0. The maximum absolute atomic E-state index is 6.10. The van der Waals surface area contributed by atoms with E-state index in [-0.39, 0.29) is 90.8 Å². The number of aromatic nitrogens is 2. The molecule has 0 bridgehead atoms. The average Bonchev–Trinajstić information content (AvgIpc) is 3.11. The van der Waals surface area contributed by atoms with Gasteiger partial charge in [0.25, 0.3) is 0 Å². The quantitative estimate of drug-likeness (QED) is 0.0738. The minimum atomic E-state index is 0. The van der Waals surface area contributed by atoms with Crippen LogP contribution in [-0.4, -0.2) is 5.48 Å². The topological polar surface area (TPSA) is 143 Å². The van der Waals surface area contributed by atoms with Crippen molar-refractivity contribution >= 4 is 66.1 Å². The smallest absolute Gasteiger partial charge is 1.00 e. The molecule has 8 aromatic rings. The zero-order valence-corrected chi connectivity index (χ0v) is 35.9. The van der Waals surface area contributed by atoms with E-state index in [1.165, 1.54) is 54.8 Å². The van der Waals surface area contributed by atoms with Crippen molar-refractivity contribution in [3.63, 3.8) is 0 Å². The standard InChI is InChI=1S/2C21H19N3.2BrH.K.H2O/c2*1-2-24-20-13-16(23)9-11-18(20)17-10-8-15(22)12-19(17)21(24)14-6-4-3-5-7-14;;;;/h2*3-13,23H,2,22H2,1H3;2*1H;;1H2/q;;;;+1;. The zero-order chi connectivity index (χ0) is 33.4. The van der Waals surface area contributed by atoms with Gasteiger partial charge in [0.05, 0.1) is 21.5 Å². The second-order valence-electron chi connectivity index (χ2n) is 12.1. The molecule has 260 valence electrons. The molecule has 0 atom stereocenters. The van der Waals surface area contributed by atoms with Crippen molar-refractivity contribution in [2.45, 2.75) is 26.9 Å². The summed E-state index contributed by atoms with van der Waals surface area (Å²) in [6.07, 6.45) is 0. The first-order chi connectivity index (χ1) is 23.4. The van der Waals surface area contributed by atoms with E-state index in [1.54, 1.807) is 0 Å². The number of nitrogen functional groups attached to an aromatic ring is 4. The van der Waals surface area contributed by atoms with E-state index in [4.69, 9.17) is 22.9 Å². The fraction of sp³-hybridized carbons (Fsp3) is 0.0952. The van der Waals surface area contributed by atoms with Crippen LogP contribution in [0.2, 0.25) is 0 Å². The third-order valence-corrected chi connectivity index (χ3v) is 9.07. The summed E-state index contributed by atoms with van der Waals surface area (Å²) in [5, 5.41) is 7.12. The van der Waals surface area contributed by atoms with Crippen molar-refractivity contribution in [3.8, 4) is 22.5 Å². The number of hydrogen-bond donors (Lipinski definition) is 4. The molecular formula is C42H42Br2KN6O+. The summed E-state index contributed by atoms with van der Waals surface area (Å²) in [5.74, 6) is 0. The molecule has 0 amide bonds. The molecule has 7 nitrogen and oxygen atoms in total. The Morgan fingerprint density at radius 3 is 1.04 bits per heavy atom. The monoisotopic (exact) mass is 843 g/mol. The molecule has 2 aromatic heterocycles. The van der Waals surface area contributed by atoms with Gasteiger partial charge >= 0.3 is 51.4 Å². The molecule has 0 fully saturated rings. The van der Waals surface area contributed by atoms with Crippen LogP contribution in [0.15, 0.2) is 133 Å². The molecule has 8 rings (SSSR count). The van der Waals surface area contributed by atoms with E-state index in [0.29, 0.717) is 0 Å². The predicted molar refractivity (Wildman–Crippen MR) is 207 cm³/mol. The van der Waals surface area contributed by atoms with Gasteiger partial charge in [-0.05, 0) is 86.6 Å². The van der Waals surface area contributed by atoms with Gasteiger partial charge in [0.15, 0.2) is 0 Å². The summed E-state index contributed by atoms with van der Waals surface area (Å²) >= 11 is 0. The molecule has 0 saturated heterocycles. The minimum Gasteiger partial charge on any atom is -1.00 e. The van der Waals surface area contributed by atoms with Crippen LogP contribution >= 0.6 is 0 Å². The van der Waals surface area contributed by atoms with Crippen LogP contribution in [0.4, 0.5) is 22.7 Å². The Kier molecular flexibility index (Phi) is 15.2. The second kappa shape index (κ2) is 18.4. The molecule has 0 aliphatic carbocycles. The van der Waals surface area contributed by atoms with Crippen LogP contribution in [0.1, 0.15) is 13.8 Å². The largest absolute Gasteiger partial charge is 1.00 e. The third-order valence-electron chi connectivity index (χ3n) is 9.07. The second-order valence-corrected chi connectivity index (χ2v) is 12.1. The summed E-state index contributed by atoms with van der Waals surface area (Å²) in [7, 11) is 0. The Balaban J connectivity index is 0.000000260. The van der Waals surface area contributed by atoms with Gasteiger partial charge in [-0.25, -0.2) is 0 Å². The van der Waals surface area contributed by atoms with E-state index in [0.717, 1.165) is 46.9 Å². The zero-order valence-electron chi connectivity index (χ0n) is 29.6. The van der Waals surface area contributed by atoms with Crippen molar-refractivity contribution in [2.75, 3.05) is 22.9 Å². The molecule has 2 heterocycles. The van der Waals surface area contributed by atoms with Gasteiger partial charge < -0.3 is 62.4 Å². The SMILES string of the molecule is CC[n+]1c(-c2ccccc2)c2cc(N)ccc2c2ccc(N)cc21.CC[n+]1c(-c2ccccc2)c2cc(N)ccc2c2ccc(N)cc21.O.[Br-].[Br-].[K+]. The molecule has 0 spiro atoms. The number of anilines is 4. The first-order valence-corrected chi connectivity index (χ1v) is 16.4. The fourth-order valence-corrected chi connectivity index (χ4v) is 6.99. The summed E-state index contributed by atoms with van der Waals surface area (Å²) in [6, 6.07) is 45.4. The first-order valence-electron chi connectivity index (χ1n) is 16.4. The average molecular weight is 846 g/mol. The van der Waals surface area contributed by atoms with Gasteiger partial charge in [-0.3, -0.25) is 0 Å². The summed E-state index contributed by atoms with van der Waals surface area (Å²) in [6.45, 7) is 6.03. The molecule has 6 aromatic carbocycles. The van der Waals surface area contributed by atoms with Gasteiger partial charge in [0.1, 0.15) is 13.1 Å². The Labute approximate surface area is 367 Å². The molecule has 52 heavy (non-hydrogen) atoms. The summed E-state index contributed by atoms with van der Waals surface area (Å²) in [5.41, 5.74) is 34.5. The first kappa shape index (κ1) is 42.8. The van der Waals surface area contributed by atoms with E-state index in [9.17, 15) is 0 Å². The number of nitrogens with two attached hydrogens (primary N) is 4. The number of fused-ring (bicyclic) bond motifs is 6. The number of halogens is 2. The molecule has 0 aliphatic heterocycles. The van der Waals surface area contributed by atoms with Crippen molar-refractivity contribution in [3.05, 3.63) is 133 Å². The van der Waals surface area contributed by atoms with Crippen LogP contribution in [-0.2, 0) is 13.1 Å².